The maximum Gasteiger partial charge on any atom is 0.256 e. The molecule has 0 unspecified atom stereocenters. The van der Waals surface area contributed by atoms with Crippen molar-refractivity contribution < 1.29 is 9.47 Å². The third-order valence-corrected chi connectivity index (χ3v) is 16.5. The number of hydrogen-bond donors (Lipinski definition) is 0. The highest BCUT2D eigenvalue weighted by Gasteiger charge is 2.52. The first-order valence-electron chi connectivity index (χ1n) is 25.9. The highest BCUT2D eigenvalue weighted by Crippen LogP contribution is 2.50. The minimum atomic E-state index is -0.138. The minimum Gasteiger partial charge on any atom is -0.458 e. The molecule has 0 aliphatic carbocycles. The third-order valence-electron chi connectivity index (χ3n) is 16.5. The van der Waals surface area contributed by atoms with E-state index in [9.17, 15) is 0 Å². The summed E-state index contributed by atoms with van der Waals surface area (Å²) in [4.78, 5) is 9.81. The molecule has 0 radical (unpaired) electrons. The molecule has 6 aliphatic heterocycles. The first kappa shape index (κ1) is 40.9. The highest BCUT2D eigenvalue weighted by molar-refractivity contribution is 7.05. The van der Waals surface area contributed by atoms with E-state index >= 15 is 0 Å². The van der Waals surface area contributed by atoms with E-state index in [0.29, 0.717) is 0 Å². The zero-order valence-corrected chi connectivity index (χ0v) is 40.5. The smallest absolute Gasteiger partial charge is 0.256 e. The van der Waals surface area contributed by atoms with Gasteiger partial charge in [0.25, 0.3) is 20.1 Å². The van der Waals surface area contributed by atoms with Crippen LogP contribution < -0.4 is 78.2 Å². The topological polar surface area (TPSA) is 31.4 Å². The van der Waals surface area contributed by atoms with E-state index in [1.165, 1.54) is 55.3 Å². The Balaban J connectivity index is 0.952. The average molecular weight is 955 g/mol. The summed E-state index contributed by atoms with van der Waals surface area (Å²) >= 11 is 0. The van der Waals surface area contributed by atoms with E-state index in [0.717, 1.165) is 85.1 Å². The lowest BCUT2D eigenvalue weighted by Gasteiger charge is -2.49. The lowest BCUT2D eigenvalue weighted by atomic mass is 9.28. The van der Waals surface area contributed by atoms with Crippen molar-refractivity contribution in [2.45, 2.75) is 0 Å². The normalized spacial score (nSPS) is 13.9. The molecule has 6 heterocycles. The Labute approximate surface area is 436 Å². The molecule has 0 bridgehead atoms. The van der Waals surface area contributed by atoms with E-state index in [-0.39, 0.29) is 20.1 Å². The summed E-state index contributed by atoms with van der Waals surface area (Å²) in [7, 11) is 0. The predicted molar refractivity (Wildman–Crippen MR) is 312 cm³/mol. The van der Waals surface area contributed by atoms with Crippen molar-refractivity contribution in [3.05, 3.63) is 249 Å². The molecule has 0 saturated heterocycles. The van der Waals surface area contributed by atoms with Crippen LogP contribution in [0.5, 0.6) is 23.0 Å². The third kappa shape index (κ3) is 5.67. The van der Waals surface area contributed by atoms with Gasteiger partial charge >= 0.3 is 0 Å². The van der Waals surface area contributed by atoms with Gasteiger partial charge in [-0.2, -0.15) is 0 Å². The maximum atomic E-state index is 7.60. The lowest BCUT2D eigenvalue weighted by molar-refractivity contribution is 0.487. The Morgan fingerprint density at radius 3 is 1.32 bits per heavy atom. The number of anilines is 12. The van der Waals surface area contributed by atoms with Gasteiger partial charge in [0.15, 0.2) is 0 Å². The molecule has 0 aromatic heterocycles. The van der Waals surface area contributed by atoms with Crippen molar-refractivity contribution in [3.63, 3.8) is 0 Å². The van der Waals surface area contributed by atoms with Crippen molar-refractivity contribution in [2.24, 2.45) is 0 Å². The van der Waals surface area contributed by atoms with Crippen LogP contribution in [0.3, 0.4) is 0 Å². The zero-order chi connectivity index (χ0) is 48.9. The monoisotopic (exact) mass is 954 g/mol. The Bertz CT molecular complexity index is 4160. The molecule has 6 aliphatic rings. The van der Waals surface area contributed by atoms with E-state index in [1.807, 2.05) is 0 Å². The molecule has 0 atom stereocenters. The first-order valence-corrected chi connectivity index (χ1v) is 25.9. The largest absolute Gasteiger partial charge is 0.458 e. The van der Waals surface area contributed by atoms with Gasteiger partial charge in [-0.3, -0.25) is 0 Å². The molecule has 0 fully saturated rings. The van der Waals surface area contributed by atoms with Gasteiger partial charge in [-0.1, -0.05) is 152 Å². The van der Waals surface area contributed by atoms with Gasteiger partial charge in [-0.05, 0) is 128 Å². The van der Waals surface area contributed by atoms with Gasteiger partial charge < -0.3 is 29.1 Å². The Morgan fingerprint density at radius 1 is 0.267 bits per heavy atom. The number of nitrogens with zero attached hydrogens (tertiary/aromatic N) is 4. The number of rotatable bonds is 5. The van der Waals surface area contributed by atoms with Gasteiger partial charge in [0.2, 0.25) is 0 Å². The second-order valence-corrected chi connectivity index (χ2v) is 20.3. The fourth-order valence-corrected chi connectivity index (χ4v) is 13.6. The van der Waals surface area contributed by atoms with Gasteiger partial charge in [0.1, 0.15) is 23.0 Å². The van der Waals surface area contributed by atoms with Crippen LogP contribution in [0.15, 0.2) is 249 Å². The zero-order valence-electron chi connectivity index (χ0n) is 40.5. The van der Waals surface area contributed by atoms with Crippen LogP contribution >= 0.6 is 0 Å². The van der Waals surface area contributed by atoms with E-state index in [1.54, 1.807) is 0 Å². The van der Waals surface area contributed by atoms with Crippen LogP contribution in [0.25, 0.3) is 0 Å². The molecule has 17 rings (SSSR count). The number of fused-ring (bicyclic) bond motifs is 14. The van der Waals surface area contributed by atoms with Crippen molar-refractivity contribution in [1.82, 2.24) is 0 Å². The molecule has 346 valence electrons. The summed E-state index contributed by atoms with van der Waals surface area (Å²) in [5, 5.41) is 0. The van der Waals surface area contributed by atoms with E-state index in [4.69, 9.17) is 9.47 Å². The molecule has 0 spiro atoms. The van der Waals surface area contributed by atoms with Crippen molar-refractivity contribution in [1.29, 1.82) is 0 Å². The molecular formula is C66H41B3N4O2. The van der Waals surface area contributed by atoms with Crippen molar-refractivity contribution >= 4 is 138 Å². The summed E-state index contributed by atoms with van der Waals surface area (Å²) in [6, 6.07) is 90.5. The number of hydrogen-bond acceptors (Lipinski definition) is 6. The van der Waals surface area contributed by atoms with Crippen molar-refractivity contribution in [3.8, 4) is 23.0 Å². The van der Waals surface area contributed by atoms with Gasteiger partial charge in [0, 0.05) is 80.8 Å². The molecule has 75 heavy (non-hydrogen) atoms. The number of ether oxygens (including phenoxy) is 2. The average Bonchev–Trinajstić information content (AvgIpc) is 3.47. The molecule has 0 saturated carbocycles. The minimum absolute atomic E-state index is 0.00191. The maximum absolute atomic E-state index is 7.60. The number of para-hydroxylation sites is 8. The van der Waals surface area contributed by atoms with Crippen LogP contribution in [0.2, 0.25) is 0 Å². The summed E-state index contributed by atoms with van der Waals surface area (Å²) in [6.07, 6.45) is 0. The van der Waals surface area contributed by atoms with E-state index in [2.05, 4.69) is 268 Å². The predicted octanol–water partition coefficient (Wildman–Crippen LogP) is 10.6. The second kappa shape index (κ2) is 15.5. The van der Waals surface area contributed by atoms with Gasteiger partial charge in [-0.25, -0.2) is 0 Å². The molecule has 0 N–H and O–H groups in total. The summed E-state index contributed by atoms with van der Waals surface area (Å²) in [5.74, 6) is 3.47. The first-order chi connectivity index (χ1) is 37.2. The summed E-state index contributed by atoms with van der Waals surface area (Å²) in [5.41, 5.74) is 24.4. The molecule has 11 aromatic rings. The fourth-order valence-electron chi connectivity index (χ4n) is 13.6. The molecule has 9 heteroatoms. The lowest BCUT2D eigenvalue weighted by Crippen LogP contribution is -2.68. The summed E-state index contributed by atoms with van der Waals surface area (Å²) in [6.45, 7) is -0.247. The van der Waals surface area contributed by atoms with Crippen molar-refractivity contribution in [2.75, 3.05) is 19.6 Å². The van der Waals surface area contributed by atoms with Crippen LogP contribution in [0, 0.1) is 0 Å². The molecule has 6 nitrogen and oxygen atoms in total. The summed E-state index contributed by atoms with van der Waals surface area (Å²) < 4.78 is 14.7. The Morgan fingerprint density at radius 2 is 0.707 bits per heavy atom. The Hall–Kier alpha value is -9.59. The fraction of sp³-hybridized carbons (Fsp3) is 0. The number of benzene rings is 11. The van der Waals surface area contributed by atoms with Crippen LogP contribution in [-0.4, -0.2) is 20.1 Å². The quantitative estimate of drug-likeness (QED) is 0.160. The van der Waals surface area contributed by atoms with Crippen LogP contribution in [0.1, 0.15) is 0 Å². The SMILES string of the molecule is c1ccc(N(c2ccccc2)c2cc3c4c(c2)N(c2ccccc2)c2ccccc2B4c2cc4c(cc2O3)N(c2ccccc2)c2cc3c5c6c2B4c2ccccc2N6c2ccccc2B5c2ccccc2O3)cc1. The molecule has 0 amide bonds. The standard InChI is InChI=1S/C66H41B3N4O2/c1-5-21-42(22-6-1)70(43-23-7-2-8-24-43)46-37-57-63-61(38-46)75-60-40-56-51(39-52(60)69(63)47-29-13-17-33-53(47)71(57)44-25-9-3-10-26-44)68-49-31-15-19-35-55(49)73-54-34-18-14-30-48(54)67-50-32-16-20-36-59(50)74-62-41-58(64(68)66(73)65(62)67)72(56)45-27-11-4-12-28-45/h1-41H. The van der Waals surface area contributed by atoms with Crippen LogP contribution in [-0.2, 0) is 0 Å². The van der Waals surface area contributed by atoms with Gasteiger partial charge in [-0.15, -0.1) is 0 Å². The van der Waals surface area contributed by atoms with E-state index < -0.39 is 0 Å². The van der Waals surface area contributed by atoms with Gasteiger partial charge in [0.05, 0.1) is 5.69 Å². The highest BCUT2D eigenvalue weighted by atomic mass is 16.5. The second-order valence-electron chi connectivity index (χ2n) is 20.3. The van der Waals surface area contributed by atoms with Crippen LogP contribution in [0.4, 0.5) is 68.2 Å². The molecular weight excluding hydrogens is 913 g/mol. The molecule has 11 aromatic carbocycles. The Kier molecular flexibility index (Phi) is 8.44.